The summed E-state index contributed by atoms with van der Waals surface area (Å²) in [5.41, 5.74) is 3.09. The molecular formula is C24H34N6O2. The van der Waals surface area contributed by atoms with Crippen LogP contribution in [0.15, 0.2) is 18.2 Å². The Labute approximate surface area is 190 Å². The van der Waals surface area contributed by atoms with Crippen molar-refractivity contribution in [2.24, 2.45) is 5.41 Å². The number of rotatable bonds is 5. The van der Waals surface area contributed by atoms with Gasteiger partial charge in [-0.05, 0) is 64.8 Å². The lowest BCUT2D eigenvalue weighted by Crippen LogP contribution is -2.34. The molecule has 2 aliphatic heterocycles. The maximum atomic E-state index is 13.2. The summed E-state index contributed by atoms with van der Waals surface area (Å²) >= 11 is 0. The number of hydrogen-bond donors (Lipinski definition) is 1. The SMILES string of the molecule is Cc1cc(C)cc(C(=O)N2CC[C@@]3(CCc4nnc(C(=O)NCCN(C)C)n4CC3)C2)c1. The van der Waals surface area contributed by atoms with Crippen LogP contribution >= 0.6 is 0 Å². The second-order valence-electron chi connectivity index (χ2n) is 9.75. The lowest BCUT2D eigenvalue weighted by molar-refractivity contribution is 0.0767. The number of carbonyl (C=O) groups is 2. The van der Waals surface area contributed by atoms with Crippen molar-refractivity contribution in [2.45, 2.75) is 46.1 Å². The molecule has 32 heavy (non-hydrogen) atoms. The average molecular weight is 439 g/mol. The topological polar surface area (TPSA) is 83.4 Å². The van der Waals surface area contributed by atoms with Crippen LogP contribution in [0, 0.1) is 19.3 Å². The number of aryl methyl sites for hydroxylation is 3. The lowest BCUT2D eigenvalue weighted by Gasteiger charge is -2.27. The zero-order valence-corrected chi connectivity index (χ0v) is 19.6. The molecule has 2 aromatic rings. The third-order valence-corrected chi connectivity index (χ3v) is 6.81. The van der Waals surface area contributed by atoms with Gasteiger partial charge in [0, 0.05) is 44.7 Å². The lowest BCUT2D eigenvalue weighted by atomic mass is 9.80. The molecule has 8 nitrogen and oxygen atoms in total. The third kappa shape index (κ3) is 4.70. The zero-order valence-electron chi connectivity index (χ0n) is 19.6. The molecule has 2 aliphatic rings. The van der Waals surface area contributed by atoms with E-state index in [1.807, 2.05) is 54.4 Å². The number of carbonyl (C=O) groups excluding carboxylic acids is 2. The molecule has 1 atom stereocenters. The fourth-order valence-corrected chi connectivity index (χ4v) is 5.04. The van der Waals surface area contributed by atoms with Crippen molar-refractivity contribution in [2.75, 3.05) is 40.3 Å². The molecule has 0 aliphatic carbocycles. The van der Waals surface area contributed by atoms with Crippen LogP contribution in [0.2, 0.25) is 0 Å². The minimum atomic E-state index is -0.167. The summed E-state index contributed by atoms with van der Waals surface area (Å²) < 4.78 is 1.98. The van der Waals surface area contributed by atoms with Gasteiger partial charge in [0.25, 0.3) is 11.8 Å². The fraction of sp³-hybridized carbons (Fsp3) is 0.583. The first-order chi connectivity index (χ1) is 15.3. The van der Waals surface area contributed by atoms with Gasteiger partial charge in [0.05, 0.1) is 0 Å². The molecule has 1 aromatic carbocycles. The van der Waals surface area contributed by atoms with Gasteiger partial charge in [-0.2, -0.15) is 0 Å². The Balaban J connectivity index is 1.42. The highest BCUT2D eigenvalue weighted by Crippen LogP contribution is 2.41. The first kappa shape index (κ1) is 22.5. The molecule has 3 heterocycles. The number of hydrogen-bond acceptors (Lipinski definition) is 5. The van der Waals surface area contributed by atoms with Crippen molar-refractivity contribution in [1.29, 1.82) is 0 Å². The van der Waals surface area contributed by atoms with E-state index in [0.717, 1.165) is 67.8 Å². The third-order valence-electron chi connectivity index (χ3n) is 6.81. The normalized spacial score (nSPS) is 20.5. The van der Waals surface area contributed by atoms with E-state index in [0.29, 0.717) is 18.9 Å². The summed E-state index contributed by atoms with van der Waals surface area (Å²) in [4.78, 5) is 29.8. The van der Waals surface area contributed by atoms with E-state index in [9.17, 15) is 9.59 Å². The van der Waals surface area contributed by atoms with Crippen molar-refractivity contribution in [1.82, 2.24) is 29.9 Å². The van der Waals surface area contributed by atoms with Crippen molar-refractivity contribution in [3.63, 3.8) is 0 Å². The van der Waals surface area contributed by atoms with E-state index in [2.05, 4.69) is 21.6 Å². The predicted molar refractivity (Wildman–Crippen MR) is 123 cm³/mol. The first-order valence-electron chi connectivity index (χ1n) is 11.5. The molecule has 1 N–H and O–H groups in total. The van der Waals surface area contributed by atoms with E-state index < -0.39 is 0 Å². The molecule has 4 rings (SSSR count). The first-order valence-corrected chi connectivity index (χ1v) is 11.5. The number of nitrogens with one attached hydrogen (secondary N) is 1. The minimum Gasteiger partial charge on any atom is -0.348 e. The van der Waals surface area contributed by atoms with Crippen molar-refractivity contribution in [3.8, 4) is 0 Å². The smallest absolute Gasteiger partial charge is 0.289 e. The van der Waals surface area contributed by atoms with Gasteiger partial charge in [-0.1, -0.05) is 17.2 Å². The summed E-state index contributed by atoms with van der Waals surface area (Å²) in [6.07, 6.45) is 3.66. The summed E-state index contributed by atoms with van der Waals surface area (Å²) in [6, 6.07) is 6.06. The minimum absolute atomic E-state index is 0.0773. The molecule has 1 saturated heterocycles. The molecule has 0 saturated carbocycles. The highest BCUT2D eigenvalue weighted by Gasteiger charge is 2.41. The van der Waals surface area contributed by atoms with Crippen LogP contribution in [0.4, 0.5) is 0 Å². The van der Waals surface area contributed by atoms with Crippen LogP contribution in [0.5, 0.6) is 0 Å². The molecule has 172 valence electrons. The standard InChI is InChI=1S/C24H34N6O2/c1-17-13-18(2)15-19(14-17)23(32)29-10-7-24(16-29)6-5-20-26-27-21(30(20)11-8-24)22(31)25-9-12-28(3)4/h13-15H,5-12,16H2,1-4H3,(H,25,31)/t24-/m1/s1. The van der Waals surface area contributed by atoms with E-state index in [4.69, 9.17) is 0 Å². The number of fused-ring (bicyclic) bond motifs is 1. The largest absolute Gasteiger partial charge is 0.348 e. The summed E-state index contributed by atoms with van der Waals surface area (Å²) in [7, 11) is 3.95. The van der Waals surface area contributed by atoms with Crippen LogP contribution in [0.3, 0.4) is 0 Å². The Bertz CT molecular complexity index is 994. The van der Waals surface area contributed by atoms with Crippen LogP contribution < -0.4 is 5.32 Å². The number of benzene rings is 1. The highest BCUT2D eigenvalue weighted by molar-refractivity contribution is 5.95. The van der Waals surface area contributed by atoms with E-state index >= 15 is 0 Å². The molecule has 0 radical (unpaired) electrons. The van der Waals surface area contributed by atoms with Crippen LogP contribution in [0.25, 0.3) is 0 Å². The summed E-state index contributed by atoms with van der Waals surface area (Å²) in [5.74, 6) is 1.23. The molecule has 1 aromatic heterocycles. The monoisotopic (exact) mass is 438 g/mol. The van der Waals surface area contributed by atoms with E-state index in [1.54, 1.807) is 0 Å². The van der Waals surface area contributed by atoms with Crippen molar-refractivity contribution in [3.05, 3.63) is 46.5 Å². The molecule has 8 heteroatoms. The number of nitrogens with zero attached hydrogens (tertiary/aromatic N) is 5. The van der Waals surface area contributed by atoms with Crippen LogP contribution in [0.1, 0.15) is 57.2 Å². The van der Waals surface area contributed by atoms with Crippen molar-refractivity contribution >= 4 is 11.8 Å². The number of amides is 2. The Morgan fingerprint density at radius 2 is 1.78 bits per heavy atom. The van der Waals surface area contributed by atoms with Gasteiger partial charge in [-0.25, -0.2) is 0 Å². The number of likely N-dealkylation sites (N-methyl/N-ethyl adjacent to an activating group) is 1. The van der Waals surface area contributed by atoms with Gasteiger partial charge in [-0.15, -0.1) is 10.2 Å². The number of aromatic nitrogens is 3. The summed E-state index contributed by atoms with van der Waals surface area (Å²) in [5, 5.41) is 11.4. The van der Waals surface area contributed by atoms with Gasteiger partial charge in [0.15, 0.2) is 0 Å². The molecule has 1 fully saturated rings. The van der Waals surface area contributed by atoms with Crippen molar-refractivity contribution < 1.29 is 9.59 Å². The van der Waals surface area contributed by atoms with Gasteiger partial charge >= 0.3 is 0 Å². The van der Waals surface area contributed by atoms with E-state index in [1.165, 1.54) is 0 Å². The Morgan fingerprint density at radius 1 is 1.06 bits per heavy atom. The number of likely N-dealkylation sites (tertiary alicyclic amines) is 1. The second-order valence-corrected chi connectivity index (χ2v) is 9.75. The van der Waals surface area contributed by atoms with Gasteiger partial charge < -0.3 is 19.7 Å². The Hall–Kier alpha value is -2.74. The van der Waals surface area contributed by atoms with Crippen LogP contribution in [-0.4, -0.2) is 76.7 Å². The zero-order chi connectivity index (χ0) is 22.9. The maximum absolute atomic E-state index is 13.2. The predicted octanol–water partition coefficient (Wildman–Crippen LogP) is 2.06. The fourth-order valence-electron chi connectivity index (χ4n) is 5.04. The maximum Gasteiger partial charge on any atom is 0.289 e. The Kier molecular flexibility index (Phi) is 6.33. The molecular weight excluding hydrogens is 404 g/mol. The Morgan fingerprint density at radius 3 is 2.50 bits per heavy atom. The van der Waals surface area contributed by atoms with E-state index in [-0.39, 0.29) is 17.2 Å². The van der Waals surface area contributed by atoms with Gasteiger partial charge in [0.1, 0.15) is 5.82 Å². The quantitative estimate of drug-likeness (QED) is 0.773. The highest BCUT2D eigenvalue weighted by atomic mass is 16.2. The average Bonchev–Trinajstić information content (AvgIpc) is 3.29. The molecule has 0 unspecified atom stereocenters. The molecule has 1 spiro atoms. The second kappa shape index (κ2) is 9.02. The molecule has 0 bridgehead atoms. The van der Waals surface area contributed by atoms with Gasteiger partial charge in [-0.3, -0.25) is 9.59 Å². The summed E-state index contributed by atoms with van der Waals surface area (Å²) in [6.45, 7) is 7.68. The van der Waals surface area contributed by atoms with Crippen LogP contribution in [-0.2, 0) is 13.0 Å². The molecule has 2 amide bonds. The van der Waals surface area contributed by atoms with Gasteiger partial charge in [0.2, 0.25) is 5.82 Å².